The summed E-state index contributed by atoms with van der Waals surface area (Å²) in [6, 6.07) is -0.814. The molecule has 384 valence electrons. The van der Waals surface area contributed by atoms with Gasteiger partial charge in [-0.05, 0) is 57.8 Å². The van der Waals surface area contributed by atoms with Crippen LogP contribution in [0.3, 0.4) is 0 Å². The molecule has 3 atom stereocenters. The fraction of sp³-hybridized carbons (Fsp3) is 0.883. The van der Waals surface area contributed by atoms with Crippen LogP contribution in [0.5, 0.6) is 0 Å². The van der Waals surface area contributed by atoms with Crippen LogP contribution in [0.1, 0.15) is 316 Å². The number of aliphatic hydroxyl groups excluding tert-OH is 3. The van der Waals surface area contributed by atoms with Crippen molar-refractivity contribution in [2.45, 2.75) is 334 Å². The van der Waals surface area contributed by atoms with E-state index in [1.807, 2.05) is 6.08 Å². The SMILES string of the molecule is CCCCCCCCCCCCCC/C=C\CCCCCCCCCCCCCCCCCCC(O)C(=O)NC(CO)C(O)/C=C/CC/C=C/CCCCCCCCCCCCCCC. The molecule has 0 aromatic carbocycles. The molecule has 0 saturated carbocycles. The molecule has 5 nitrogen and oxygen atoms in total. The molecule has 0 bridgehead atoms. The van der Waals surface area contributed by atoms with Crippen molar-refractivity contribution in [3.8, 4) is 0 Å². The van der Waals surface area contributed by atoms with Crippen molar-refractivity contribution in [1.29, 1.82) is 0 Å². The summed E-state index contributed by atoms with van der Waals surface area (Å²) in [6.45, 7) is 4.20. The molecule has 0 radical (unpaired) electrons. The van der Waals surface area contributed by atoms with E-state index >= 15 is 0 Å². The fourth-order valence-corrected chi connectivity index (χ4v) is 9.14. The maximum absolute atomic E-state index is 12.5. The lowest BCUT2D eigenvalue weighted by Crippen LogP contribution is -2.48. The normalized spacial score (nSPS) is 13.5. The lowest BCUT2D eigenvalue weighted by Gasteiger charge is -2.21. The summed E-state index contributed by atoms with van der Waals surface area (Å²) < 4.78 is 0. The Morgan fingerprint density at radius 1 is 0.369 bits per heavy atom. The molecule has 0 heterocycles. The Bertz CT molecular complexity index is 1010. The third kappa shape index (κ3) is 50.3. The molecule has 1 amide bonds. The van der Waals surface area contributed by atoms with Gasteiger partial charge in [0.05, 0.1) is 18.8 Å². The van der Waals surface area contributed by atoms with Gasteiger partial charge in [-0.1, -0.05) is 294 Å². The Labute approximate surface area is 406 Å². The van der Waals surface area contributed by atoms with E-state index in [9.17, 15) is 20.1 Å². The van der Waals surface area contributed by atoms with Crippen LogP contribution in [-0.4, -0.2) is 46.1 Å². The summed E-state index contributed by atoms with van der Waals surface area (Å²) >= 11 is 0. The first-order chi connectivity index (χ1) is 32.1. The maximum Gasteiger partial charge on any atom is 0.249 e. The van der Waals surface area contributed by atoms with E-state index in [1.165, 1.54) is 257 Å². The highest BCUT2D eigenvalue weighted by Gasteiger charge is 2.22. The number of aliphatic hydroxyl groups is 3. The number of carbonyl (C=O) groups is 1. The number of allylic oxidation sites excluding steroid dienone is 5. The number of rotatable bonds is 54. The van der Waals surface area contributed by atoms with Crippen LogP contribution in [0.2, 0.25) is 0 Å². The minimum Gasteiger partial charge on any atom is -0.394 e. The molecule has 4 N–H and O–H groups in total. The topological polar surface area (TPSA) is 89.8 Å². The van der Waals surface area contributed by atoms with E-state index in [0.29, 0.717) is 6.42 Å². The summed E-state index contributed by atoms with van der Waals surface area (Å²) in [7, 11) is 0. The second kappa shape index (κ2) is 55.2. The quantitative estimate of drug-likeness (QED) is 0.0361. The van der Waals surface area contributed by atoms with E-state index in [4.69, 9.17) is 0 Å². The number of nitrogens with one attached hydrogen (secondary N) is 1. The number of hydrogen-bond acceptors (Lipinski definition) is 4. The van der Waals surface area contributed by atoms with Crippen molar-refractivity contribution in [2.75, 3.05) is 6.61 Å². The van der Waals surface area contributed by atoms with Gasteiger partial charge in [0.15, 0.2) is 0 Å². The summed E-state index contributed by atoms with van der Waals surface area (Å²) in [5.41, 5.74) is 0. The van der Waals surface area contributed by atoms with Crippen LogP contribution in [0.15, 0.2) is 36.5 Å². The molecule has 0 aromatic rings. The Morgan fingerprint density at radius 2 is 0.631 bits per heavy atom. The van der Waals surface area contributed by atoms with Gasteiger partial charge >= 0.3 is 0 Å². The summed E-state index contributed by atoms with van der Waals surface area (Å²) in [5.74, 6) is -0.508. The molecule has 0 aliphatic rings. The predicted octanol–water partition coefficient (Wildman–Crippen LogP) is 18.2. The first kappa shape index (κ1) is 63.6. The van der Waals surface area contributed by atoms with Gasteiger partial charge in [0, 0.05) is 0 Å². The molecule has 0 aromatic heterocycles. The number of carbonyl (C=O) groups excluding carboxylic acids is 1. The van der Waals surface area contributed by atoms with Gasteiger partial charge in [-0.3, -0.25) is 4.79 Å². The van der Waals surface area contributed by atoms with Crippen LogP contribution in [-0.2, 0) is 4.79 Å². The largest absolute Gasteiger partial charge is 0.394 e. The lowest BCUT2D eigenvalue weighted by molar-refractivity contribution is -0.131. The average molecular weight is 915 g/mol. The van der Waals surface area contributed by atoms with Crippen LogP contribution < -0.4 is 5.32 Å². The van der Waals surface area contributed by atoms with Crippen LogP contribution in [0.4, 0.5) is 0 Å². The van der Waals surface area contributed by atoms with Crippen molar-refractivity contribution in [3.05, 3.63) is 36.5 Å². The van der Waals surface area contributed by atoms with E-state index in [1.54, 1.807) is 6.08 Å². The second-order valence-corrected chi connectivity index (χ2v) is 20.2. The zero-order valence-electron chi connectivity index (χ0n) is 43.9. The Morgan fingerprint density at radius 3 is 0.938 bits per heavy atom. The molecular weight excluding hydrogens is 799 g/mol. The monoisotopic (exact) mass is 914 g/mol. The van der Waals surface area contributed by atoms with Gasteiger partial charge in [-0.25, -0.2) is 0 Å². The van der Waals surface area contributed by atoms with Crippen LogP contribution in [0.25, 0.3) is 0 Å². The Kier molecular flexibility index (Phi) is 54.0. The van der Waals surface area contributed by atoms with Gasteiger partial charge in [-0.15, -0.1) is 0 Å². The highest BCUT2D eigenvalue weighted by molar-refractivity contribution is 5.80. The van der Waals surface area contributed by atoms with E-state index < -0.39 is 24.2 Å². The predicted molar refractivity (Wildman–Crippen MR) is 287 cm³/mol. The third-order valence-electron chi connectivity index (χ3n) is 13.7. The zero-order chi connectivity index (χ0) is 47.2. The molecule has 0 spiro atoms. The summed E-state index contributed by atoms with van der Waals surface area (Å²) in [4.78, 5) is 12.5. The minimum atomic E-state index is -1.11. The van der Waals surface area contributed by atoms with Crippen molar-refractivity contribution in [1.82, 2.24) is 5.32 Å². The van der Waals surface area contributed by atoms with Crippen molar-refractivity contribution >= 4 is 5.91 Å². The lowest BCUT2D eigenvalue weighted by atomic mass is 10.0. The van der Waals surface area contributed by atoms with E-state index in [2.05, 4.69) is 43.5 Å². The van der Waals surface area contributed by atoms with Crippen molar-refractivity contribution in [3.63, 3.8) is 0 Å². The Balaban J connectivity index is 3.55. The smallest absolute Gasteiger partial charge is 0.249 e. The first-order valence-corrected chi connectivity index (χ1v) is 29.3. The third-order valence-corrected chi connectivity index (χ3v) is 13.7. The number of amides is 1. The highest BCUT2D eigenvalue weighted by atomic mass is 16.3. The molecular formula is C60H115NO4. The number of unbranched alkanes of at least 4 members (excludes halogenated alkanes) is 42. The molecule has 0 fully saturated rings. The van der Waals surface area contributed by atoms with Crippen LogP contribution >= 0.6 is 0 Å². The maximum atomic E-state index is 12.5. The standard InChI is InChI=1S/C60H115NO4/c1-3-5-7-9-11-13-15-17-19-21-23-24-25-26-27-28-29-30-31-32-33-34-35-37-39-41-43-45-47-49-51-53-55-59(64)60(65)61-57(56-62)58(63)54-52-50-48-46-44-42-40-38-36-22-20-18-16-14-12-10-8-6-4-2/h26-27,44,46,52,54,57-59,62-64H,3-25,28-43,45,47-51,53,55-56H2,1-2H3,(H,61,65)/b27-26-,46-44+,54-52+. The van der Waals surface area contributed by atoms with Gasteiger partial charge in [-0.2, -0.15) is 0 Å². The Hall–Kier alpha value is -1.43. The zero-order valence-corrected chi connectivity index (χ0v) is 43.9. The molecule has 5 heteroatoms. The highest BCUT2D eigenvalue weighted by Crippen LogP contribution is 2.17. The average Bonchev–Trinajstić information content (AvgIpc) is 3.31. The molecule has 0 aliphatic carbocycles. The van der Waals surface area contributed by atoms with E-state index in [0.717, 1.165) is 38.5 Å². The molecule has 65 heavy (non-hydrogen) atoms. The second-order valence-electron chi connectivity index (χ2n) is 20.2. The van der Waals surface area contributed by atoms with E-state index in [-0.39, 0.29) is 6.61 Å². The van der Waals surface area contributed by atoms with Gasteiger partial charge in [0.1, 0.15) is 6.10 Å². The molecule has 3 unspecified atom stereocenters. The van der Waals surface area contributed by atoms with Crippen molar-refractivity contribution < 1.29 is 20.1 Å². The summed E-state index contributed by atoms with van der Waals surface area (Å²) in [5, 5.41) is 33.3. The molecule has 0 saturated heterocycles. The van der Waals surface area contributed by atoms with Crippen LogP contribution in [0, 0.1) is 0 Å². The minimum absolute atomic E-state index is 0.374. The van der Waals surface area contributed by atoms with Crippen molar-refractivity contribution in [2.24, 2.45) is 0 Å². The van der Waals surface area contributed by atoms with Gasteiger partial charge < -0.3 is 20.6 Å². The van der Waals surface area contributed by atoms with Gasteiger partial charge in [0.2, 0.25) is 5.91 Å². The first-order valence-electron chi connectivity index (χ1n) is 29.3. The fourth-order valence-electron chi connectivity index (χ4n) is 9.14. The molecule has 0 rings (SSSR count). The molecule has 0 aliphatic heterocycles. The summed E-state index contributed by atoms with van der Waals surface area (Å²) in [6.07, 6.45) is 72.4. The van der Waals surface area contributed by atoms with Gasteiger partial charge in [0.25, 0.3) is 0 Å². The number of hydrogen-bond donors (Lipinski definition) is 4.